The largest absolute Gasteiger partial charge is 0.495 e. The van der Waals surface area contributed by atoms with Crippen LogP contribution in [0.25, 0.3) is 0 Å². The molecule has 0 aromatic heterocycles. The molecule has 1 aliphatic rings. The van der Waals surface area contributed by atoms with Crippen molar-refractivity contribution in [2.75, 3.05) is 25.6 Å². The molecule has 19 heavy (non-hydrogen) atoms. The molecule has 0 aliphatic heterocycles. The number of anilines is 1. The fourth-order valence-electron chi connectivity index (χ4n) is 2.05. The number of benzene rings is 1. The van der Waals surface area contributed by atoms with Crippen molar-refractivity contribution in [3.05, 3.63) is 24.3 Å². The summed E-state index contributed by atoms with van der Waals surface area (Å²) in [7, 11) is 3.49. The van der Waals surface area contributed by atoms with Crippen LogP contribution in [-0.2, 0) is 4.79 Å². The van der Waals surface area contributed by atoms with Gasteiger partial charge in [0.1, 0.15) is 11.8 Å². The van der Waals surface area contributed by atoms with Gasteiger partial charge < -0.3 is 20.1 Å². The van der Waals surface area contributed by atoms with E-state index in [1.165, 1.54) is 0 Å². The van der Waals surface area contributed by atoms with E-state index in [1.54, 1.807) is 7.11 Å². The molecule has 1 aromatic carbocycles. The Kier molecular flexibility index (Phi) is 4.27. The molecule has 1 saturated carbocycles. The summed E-state index contributed by atoms with van der Waals surface area (Å²) >= 11 is 0. The molecule has 0 radical (unpaired) electrons. The lowest BCUT2D eigenvalue weighted by Crippen LogP contribution is -2.46. The van der Waals surface area contributed by atoms with Crippen molar-refractivity contribution in [1.29, 1.82) is 0 Å². The standard InChI is InChI=1S/C14H20N2O3/c1-16(12-5-3-4-6-13(12)19-2)9-11(14(17)18)15-10-7-8-10/h3-6,10-11,15H,7-9H2,1-2H3,(H,17,18). The highest BCUT2D eigenvalue weighted by atomic mass is 16.5. The Labute approximate surface area is 113 Å². The maximum Gasteiger partial charge on any atom is 0.322 e. The number of carboxylic acids is 1. The third-order valence-corrected chi connectivity index (χ3v) is 3.27. The fourth-order valence-corrected chi connectivity index (χ4v) is 2.05. The van der Waals surface area contributed by atoms with Gasteiger partial charge in [0.25, 0.3) is 0 Å². The normalized spacial score (nSPS) is 15.9. The minimum absolute atomic E-state index is 0.368. The number of hydrogen-bond donors (Lipinski definition) is 2. The van der Waals surface area contributed by atoms with Gasteiger partial charge in [0.2, 0.25) is 0 Å². The van der Waals surface area contributed by atoms with Gasteiger partial charge in [0.05, 0.1) is 12.8 Å². The van der Waals surface area contributed by atoms with E-state index in [-0.39, 0.29) is 0 Å². The topological polar surface area (TPSA) is 61.8 Å². The molecule has 0 heterocycles. The van der Waals surface area contributed by atoms with Gasteiger partial charge in [0, 0.05) is 19.6 Å². The smallest absolute Gasteiger partial charge is 0.322 e. The average molecular weight is 264 g/mol. The number of methoxy groups -OCH3 is 1. The molecule has 0 spiro atoms. The number of aliphatic carboxylic acids is 1. The van der Waals surface area contributed by atoms with Crippen LogP contribution in [0.15, 0.2) is 24.3 Å². The minimum atomic E-state index is -0.811. The Morgan fingerprint density at radius 2 is 2.21 bits per heavy atom. The summed E-state index contributed by atoms with van der Waals surface area (Å²) in [5.74, 6) is -0.0609. The summed E-state index contributed by atoms with van der Waals surface area (Å²) in [6.45, 7) is 0.409. The van der Waals surface area contributed by atoms with Crippen LogP contribution < -0.4 is 15.0 Å². The SMILES string of the molecule is COc1ccccc1N(C)CC(NC1CC1)C(=O)O. The second-order valence-electron chi connectivity index (χ2n) is 4.88. The number of para-hydroxylation sites is 2. The molecule has 0 saturated heterocycles. The molecule has 1 unspecified atom stereocenters. The van der Waals surface area contributed by atoms with Crippen LogP contribution in [0, 0.1) is 0 Å². The van der Waals surface area contributed by atoms with Crippen molar-refractivity contribution in [1.82, 2.24) is 5.32 Å². The van der Waals surface area contributed by atoms with E-state index >= 15 is 0 Å². The second-order valence-corrected chi connectivity index (χ2v) is 4.88. The Morgan fingerprint density at radius 3 is 2.79 bits per heavy atom. The van der Waals surface area contributed by atoms with E-state index < -0.39 is 12.0 Å². The van der Waals surface area contributed by atoms with Crippen LogP contribution in [0.2, 0.25) is 0 Å². The van der Waals surface area contributed by atoms with Crippen molar-refractivity contribution in [3.8, 4) is 5.75 Å². The quantitative estimate of drug-likeness (QED) is 0.778. The van der Waals surface area contributed by atoms with E-state index in [1.807, 2.05) is 36.2 Å². The highest BCUT2D eigenvalue weighted by Gasteiger charge is 2.29. The highest BCUT2D eigenvalue weighted by molar-refractivity contribution is 5.75. The first-order valence-electron chi connectivity index (χ1n) is 6.45. The monoisotopic (exact) mass is 264 g/mol. The van der Waals surface area contributed by atoms with Crippen molar-refractivity contribution < 1.29 is 14.6 Å². The van der Waals surface area contributed by atoms with Gasteiger partial charge in [-0.25, -0.2) is 0 Å². The number of rotatable bonds is 7. The average Bonchev–Trinajstić information content (AvgIpc) is 3.21. The van der Waals surface area contributed by atoms with Gasteiger partial charge in [-0.15, -0.1) is 0 Å². The molecule has 1 atom stereocenters. The Bertz CT molecular complexity index is 446. The third kappa shape index (κ3) is 3.61. The molecule has 1 aromatic rings. The zero-order valence-corrected chi connectivity index (χ0v) is 11.3. The van der Waals surface area contributed by atoms with Gasteiger partial charge in [-0.2, -0.15) is 0 Å². The molecule has 104 valence electrons. The first-order valence-corrected chi connectivity index (χ1v) is 6.45. The van der Waals surface area contributed by atoms with Gasteiger partial charge >= 0.3 is 5.97 Å². The van der Waals surface area contributed by atoms with Crippen molar-refractivity contribution >= 4 is 11.7 Å². The molecule has 1 aliphatic carbocycles. The first kappa shape index (κ1) is 13.7. The van der Waals surface area contributed by atoms with Crippen molar-refractivity contribution in [2.24, 2.45) is 0 Å². The summed E-state index contributed by atoms with van der Waals surface area (Å²) in [5.41, 5.74) is 0.897. The number of likely N-dealkylation sites (N-methyl/N-ethyl adjacent to an activating group) is 1. The van der Waals surface area contributed by atoms with E-state index in [2.05, 4.69) is 5.32 Å². The maximum atomic E-state index is 11.3. The molecular formula is C14H20N2O3. The number of hydrogen-bond acceptors (Lipinski definition) is 4. The summed E-state index contributed by atoms with van der Waals surface area (Å²) in [4.78, 5) is 13.2. The molecular weight excluding hydrogens is 244 g/mol. The van der Waals surface area contributed by atoms with E-state index in [9.17, 15) is 9.90 Å². The minimum Gasteiger partial charge on any atom is -0.495 e. The molecule has 0 amide bonds. The van der Waals surface area contributed by atoms with Crippen molar-refractivity contribution in [2.45, 2.75) is 24.9 Å². The molecule has 5 heteroatoms. The summed E-state index contributed by atoms with van der Waals surface area (Å²) in [6, 6.07) is 7.42. The second kappa shape index (κ2) is 5.93. The molecule has 2 rings (SSSR count). The third-order valence-electron chi connectivity index (χ3n) is 3.27. The van der Waals surface area contributed by atoms with Gasteiger partial charge in [-0.3, -0.25) is 4.79 Å². The number of nitrogens with one attached hydrogen (secondary N) is 1. The summed E-state index contributed by atoms with van der Waals surface area (Å²) in [6.07, 6.45) is 2.14. The number of carbonyl (C=O) groups is 1. The number of carboxylic acid groups (broad SMARTS) is 1. The van der Waals surface area contributed by atoms with E-state index in [0.717, 1.165) is 24.3 Å². The number of nitrogens with zero attached hydrogens (tertiary/aromatic N) is 1. The van der Waals surface area contributed by atoms with Crippen LogP contribution >= 0.6 is 0 Å². The predicted octanol–water partition coefficient (Wildman–Crippen LogP) is 1.34. The number of ether oxygens (including phenoxy) is 1. The van der Waals surface area contributed by atoms with Crippen LogP contribution in [0.3, 0.4) is 0 Å². The van der Waals surface area contributed by atoms with E-state index in [0.29, 0.717) is 12.6 Å². The Morgan fingerprint density at radius 1 is 1.53 bits per heavy atom. The van der Waals surface area contributed by atoms with Crippen LogP contribution in [0.1, 0.15) is 12.8 Å². The predicted molar refractivity (Wildman–Crippen MR) is 73.8 cm³/mol. The fraction of sp³-hybridized carbons (Fsp3) is 0.500. The molecule has 0 bridgehead atoms. The zero-order valence-electron chi connectivity index (χ0n) is 11.3. The summed E-state index contributed by atoms with van der Waals surface area (Å²) in [5, 5.41) is 12.4. The lowest BCUT2D eigenvalue weighted by atomic mass is 10.2. The lowest BCUT2D eigenvalue weighted by molar-refractivity contribution is -0.139. The van der Waals surface area contributed by atoms with Crippen molar-refractivity contribution in [3.63, 3.8) is 0 Å². The maximum absolute atomic E-state index is 11.3. The van der Waals surface area contributed by atoms with Crippen LogP contribution in [-0.4, -0.2) is 43.9 Å². The van der Waals surface area contributed by atoms with Gasteiger partial charge in [0.15, 0.2) is 0 Å². The lowest BCUT2D eigenvalue weighted by Gasteiger charge is -2.25. The van der Waals surface area contributed by atoms with Gasteiger partial charge in [-0.05, 0) is 25.0 Å². The van der Waals surface area contributed by atoms with Gasteiger partial charge in [-0.1, -0.05) is 12.1 Å². The highest BCUT2D eigenvalue weighted by Crippen LogP contribution is 2.27. The Hall–Kier alpha value is -1.75. The molecule has 2 N–H and O–H groups in total. The van der Waals surface area contributed by atoms with E-state index in [4.69, 9.17) is 4.74 Å². The first-order chi connectivity index (χ1) is 9.11. The zero-order chi connectivity index (χ0) is 13.8. The van der Waals surface area contributed by atoms with Crippen LogP contribution in [0.4, 0.5) is 5.69 Å². The Balaban J connectivity index is 2.04. The van der Waals surface area contributed by atoms with Crippen LogP contribution in [0.5, 0.6) is 5.75 Å². The summed E-state index contributed by atoms with van der Waals surface area (Å²) < 4.78 is 5.29. The molecule has 5 nitrogen and oxygen atoms in total. The molecule has 1 fully saturated rings.